The highest BCUT2D eigenvalue weighted by molar-refractivity contribution is 5.41. The molecule has 0 atom stereocenters. The van der Waals surface area contributed by atoms with E-state index < -0.39 is 0 Å². The van der Waals surface area contributed by atoms with Crippen LogP contribution in [0.4, 0.5) is 0 Å². The minimum atomic E-state index is 0.338. The molecule has 0 unspecified atom stereocenters. The molecule has 1 aromatic rings. The maximum Gasteiger partial charge on any atom is 0.119 e. The quantitative estimate of drug-likeness (QED) is 0.638. The van der Waals surface area contributed by atoms with Crippen molar-refractivity contribution in [3.05, 3.63) is 28.8 Å². The zero-order valence-corrected chi connectivity index (χ0v) is 6.89. The summed E-state index contributed by atoms with van der Waals surface area (Å²) >= 11 is 0. The molecule has 2 nitrogen and oxygen atoms in total. The van der Waals surface area contributed by atoms with Gasteiger partial charge in [0.05, 0.1) is 0 Å². The van der Waals surface area contributed by atoms with E-state index in [-0.39, 0.29) is 0 Å². The molecule has 0 saturated carbocycles. The van der Waals surface area contributed by atoms with E-state index in [2.05, 4.69) is 0 Å². The largest absolute Gasteiger partial charge is 0.508 e. The number of phenols is 1. The summed E-state index contributed by atoms with van der Waals surface area (Å²) in [5.41, 5.74) is 8.42. The van der Waals surface area contributed by atoms with Crippen LogP contribution in [0.2, 0.25) is 0 Å². The van der Waals surface area contributed by atoms with E-state index in [0.717, 1.165) is 16.7 Å². The molecule has 0 aromatic heterocycles. The van der Waals surface area contributed by atoms with Gasteiger partial charge in [0.15, 0.2) is 0 Å². The summed E-state index contributed by atoms with van der Waals surface area (Å²) < 4.78 is 0. The van der Waals surface area contributed by atoms with E-state index in [1.807, 2.05) is 19.9 Å². The Morgan fingerprint density at radius 1 is 1.36 bits per heavy atom. The fourth-order valence-electron chi connectivity index (χ4n) is 1.03. The van der Waals surface area contributed by atoms with Gasteiger partial charge in [0.25, 0.3) is 0 Å². The van der Waals surface area contributed by atoms with Gasteiger partial charge in [0.2, 0.25) is 0 Å². The van der Waals surface area contributed by atoms with Crippen LogP contribution < -0.4 is 5.73 Å². The molecule has 0 fully saturated rings. The number of hydrogen-bond donors (Lipinski definition) is 2. The first-order valence-electron chi connectivity index (χ1n) is 3.64. The zero-order valence-electron chi connectivity index (χ0n) is 6.89. The first-order valence-corrected chi connectivity index (χ1v) is 3.64. The van der Waals surface area contributed by atoms with Crippen molar-refractivity contribution in [1.82, 2.24) is 0 Å². The number of rotatable bonds is 1. The lowest BCUT2D eigenvalue weighted by molar-refractivity contribution is 0.469. The van der Waals surface area contributed by atoms with Crippen LogP contribution in [0.15, 0.2) is 12.1 Å². The third-order valence-electron chi connectivity index (χ3n) is 1.94. The number of hydrogen-bond acceptors (Lipinski definition) is 2. The van der Waals surface area contributed by atoms with Gasteiger partial charge >= 0.3 is 0 Å². The number of aromatic hydroxyl groups is 1. The van der Waals surface area contributed by atoms with Crippen LogP contribution in [-0.2, 0) is 6.54 Å². The standard InChI is InChI=1S/C9H13NO/c1-6-3-8(5-10)4-9(11)7(6)2/h3-4,11H,5,10H2,1-2H3. The van der Waals surface area contributed by atoms with Crippen LogP contribution in [0.3, 0.4) is 0 Å². The second-order valence-electron chi connectivity index (χ2n) is 2.76. The van der Waals surface area contributed by atoms with E-state index in [1.54, 1.807) is 6.07 Å². The Kier molecular flexibility index (Phi) is 2.15. The molecule has 2 heteroatoms. The van der Waals surface area contributed by atoms with Crippen LogP contribution in [0, 0.1) is 13.8 Å². The Bertz CT molecular complexity index is 245. The predicted octanol–water partition coefficient (Wildman–Crippen LogP) is 1.47. The van der Waals surface area contributed by atoms with Gasteiger partial charge in [0, 0.05) is 6.54 Å². The van der Waals surface area contributed by atoms with E-state index in [0.29, 0.717) is 12.3 Å². The van der Waals surface area contributed by atoms with Crippen molar-refractivity contribution in [2.75, 3.05) is 0 Å². The van der Waals surface area contributed by atoms with Crippen LogP contribution in [-0.4, -0.2) is 5.11 Å². The highest BCUT2D eigenvalue weighted by Crippen LogP contribution is 2.21. The Morgan fingerprint density at radius 2 is 2.00 bits per heavy atom. The van der Waals surface area contributed by atoms with Gasteiger partial charge in [-0.3, -0.25) is 0 Å². The number of benzene rings is 1. The van der Waals surface area contributed by atoms with Crippen molar-refractivity contribution < 1.29 is 5.11 Å². The molecule has 0 aliphatic heterocycles. The van der Waals surface area contributed by atoms with E-state index in [1.165, 1.54) is 0 Å². The van der Waals surface area contributed by atoms with Crippen molar-refractivity contribution in [1.29, 1.82) is 0 Å². The molecule has 1 aromatic carbocycles. The summed E-state index contributed by atoms with van der Waals surface area (Å²) in [5.74, 6) is 0.338. The van der Waals surface area contributed by atoms with Gasteiger partial charge in [-0.15, -0.1) is 0 Å². The molecule has 0 heterocycles. The smallest absolute Gasteiger partial charge is 0.119 e. The first kappa shape index (κ1) is 8.08. The lowest BCUT2D eigenvalue weighted by Crippen LogP contribution is -1.97. The number of phenolic OH excluding ortho intramolecular Hbond substituents is 1. The van der Waals surface area contributed by atoms with Crippen molar-refractivity contribution in [2.24, 2.45) is 5.73 Å². The molecule has 0 aliphatic rings. The normalized spacial score (nSPS) is 10.1. The van der Waals surface area contributed by atoms with Gasteiger partial charge in [-0.05, 0) is 36.6 Å². The topological polar surface area (TPSA) is 46.2 Å². The molecule has 1 rings (SSSR count). The lowest BCUT2D eigenvalue weighted by Gasteiger charge is -2.05. The molecule has 0 bridgehead atoms. The third kappa shape index (κ3) is 1.52. The highest BCUT2D eigenvalue weighted by Gasteiger charge is 2.00. The van der Waals surface area contributed by atoms with Crippen LogP contribution >= 0.6 is 0 Å². The summed E-state index contributed by atoms with van der Waals surface area (Å²) in [7, 11) is 0. The molecule has 0 aliphatic carbocycles. The second kappa shape index (κ2) is 2.93. The molecule has 0 amide bonds. The molecule has 3 N–H and O–H groups in total. The van der Waals surface area contributed by atoms with Crippen LogP contribution in [0.5, 0.6) is 5.75 Å². The molecule has 0 spiro atoms. The maximum absolute atomic E-state index is 9.36. The summed E-state index contributed by atoms with van der Waals surface area (Å²) in [4.78, 5) is 0. The molecule has 0 radical (unpaired) electrons. The van der Waals surface area contributed by atoms with E-state index in [4.69, 9.17) is 5.73 Å². The van der Waals surface area contributed by atoms with Gasteiger partial charge in [-0.2, -0.15) is 0 Å². The molecular formula is C9H13NO. The fraction of sp³-hybridized carbons (Fsp3) is 0.333. The summed E-state index contributed by atoms with van der Waals surface area (Å²) in [6, 6.07) is 3.71. The molecule has 60 valence electrons. The molecule has 11 heavy (non-hydrogen) atoms. The van der Waals surface area contributed by atoms with Crippen molar-refractivity contribution >= 4 is 0 Å². The summed E-state index contributed by atoms with van der Waals surface area (Å²) in [6.45, 7) is 4.34. The third-order valence-corrected chi connectivity index (χ3v) is 1.94. The Labute approximate surface area is 66.7 Å². The second-order valence-corrected chi connectivity index (χ2v) is 2.76. The highest BCUT2D eigenvalue weighted by atomic mass is 16.3. The summed E-state index contributed by atoms with van der Waals surface area (Å²) in [5, 5.41) is 9.36. The van der Waals surface area contributed by atoms with Crippen molar-refractivity contribution in [3.8, 4) is 5.75 Å². The van der Waals surface area contributed by atoms with Gasteiger partial charge < -0.3 is 10.8 Å². The minimum Gasteiger partial charge on any atom is -0.508 e. The van der Waals surface area contributed by atoms with Crippen molar-refractivity contribution in [2.45, 2.75) is 20.4 Å². The molecule has 0 saturated heterocycles. The average molecular weight is 151 g/mol. The monoisotopic (exact) mass is 151 g/mol. The van der Waals surface area contributed by atoms with Crippen LogP contribution in [0.1, 0.15) is 16.7 Å². The predicted molar refractivity (Wildman–Crippen MR) is 45.5 cm³/mol. The van der Waals surface area contributed by atoms with Crippen molar-refractivity contribution in [3.63, 3.8) is 0 Å². The Morgan fingerprint density at radius 3 is 2.45 bits per heavy atom. The SMILES string of the molecule is Cc1cc(CN)cc(O)c1C. The first-order chi connectivity index (χ1) is 5.15. The lowest BCUT2D eigenvalue weighted by atomic mass is 10.1. The minimum absolute atomic E-state index is 0.338. The van der Waals surface area contributed by atoms with Crippen LogP contribution in [0.25, 0.3) is 0 Å². The molecular weight excluding hydrogens is 138 g/mol. The Hall–Kier alpha value is -1.02. The maximum atomic E-state index is 9.36. The Balaban J connectivity index is 3.21. The number of aryl methyl sites for hydroxylation is 1. The number of nitrogens with two attached hydrogens (primary N) is 1. The van der Waals surface area contributed by atoms with Gasteiger partial charge in [-0.25, -0.2) is 0 Å². The van der Waals surface area contributed by atoms with E-state index in [9.17, 15) is 5.11 Å². The van der Waals surface area contributed by atoms with E-state index >= 15 is 0 Å². The van der Waals surface area contributed by atoms with Gasteiger partial charge in [0.1, 0.15) is 5.75 Å². The fourth-order valence-corrected chi connectivity index (χ4v) is 1.03. The average Bonchev–Trinajstić information content (AvgIpc) is 1.99. The van der Waals surface area contributed by atoms with Gasteiger partial charge in [-0.1, -0.05) is 6.07 Å². The summed E-state index contributed by atoms with van der Waals surface area (Å²) in [6.07, 6.45) is 0. The zero-order chi connectivity index (χ0) is 8.43.